The number of hydrogen-bond donors (Lipinski definition) is 1. The van der Waals surface area contributed by atoms with Crippen LogP contribution in [0.3, 0.4) is 0 Å². The van der Waals surface area contributed by atoms with Gasteiger partial charge in [-0.15, -0.1) is 0 Å². The van der Waals surface area contributed by atoms with Crippen LogP contribution in [0, 0.1) is 0 Å². The Bertz CT molecular complexity index is 1110. The van der Waals surface area contributed by atoms with Crippen LogP contribution >= 0.6 is 23.2 Å². The standard InChI is InChI=1S/C29H36Cl2N2O4/c1-4-6-15-32(16-7-5-2)17-8-18-33-26(23-14-11-21(30)19-24(23)31)25(28(35)29(33)36)27(34)20-9-12-22(37-3)13-10-20/h9-14,19,26,34H,4-8,15-18H2,1-3H3/t26-/m0/s1. The zero-order valence-electron chi connectivity index (χ0n) is 21.8. The van der Waals surface area contributed by atoms with Gasteiger partial charge in [-0.1, -0.05) is 56.0 Å². The van der Waals surface area contributed by atoms with Crippen molar-refractivity contribution in [3.63, 3.8) is 0 Å². The number of hydrogen-bond acceptors (Lipinski definition) is 5. The van der Waals surface area contributed by atoms with Gasteiger partial charge in [0, 0.05) is 22.2 Å². The molecule has 2 aromatic rings. The Labute approximate surface area is 229 Å². The summed E-state index contributed by atoms with van der Waals surface area (Å²) in [7, 11) is 1.55. The number of benzene rings is 2. The summed E-state index contributed by atoms with van der Waals surface area (Å²) in [5.74, 6) is -0.991. The Morgan fingerprint density at radius 1 is 0.973 bits per heavy atom. The fourth-order valence-corrected chi connectivity index (χ4v) is 5.14. The Hall–Kier alpha value is -2.54. The van der Waals surface area contributed by atoms with E-state index in [-0.39, 0.29) is 11.3 Å². The highest BCUT2D eigenvalue weighted by Gasteiger charge is 2.46. The van der Waals surface area contributed by atoms with Gasteiger partial charge in [-0.2, -0.15) is 0 Å². The van der Waals surface area contributed by atoms with Crippen molar-refractivity contribution in [1.29, 1.82) is 0 Å². The van der Waals surface area contributed by atoms with Gasteiger partial charge in [0.05, 0.1) is 18.7 Å². The number of aliphatic hydroxyl groups is 1. The third-order valence-electron chi connectivity index (χ3n) is 6.69. The maximum absolute atomic E-state index is 13.3. The Kier molecular flexibility index (Phi) is 10.9. The summed E-state index contributed by atoms with van der Waals surface area (Å²) in [5.41, 5.74) is 0.988. The maximum atomic E-state index is 13.3. The summed E-state index contributed by atoms with van der Waals surface area (Å²) in [4.78, 5) is 30.5. The molecule has 1 aliphatic heterocycles. The summed E-state index contributed by atoms with van der Waals surface area (Å²) in [6.07, 6.45) is 5.19. The molecule has 1 saturated heterocycles. The molecular weight excluding hydrogens is 511 g/mol. The first-order valence-corrected chi connectivity index (χ1v) is 13.7. The van der Waals surface area contributed by atoms with E-state index in [4.69, 9.17) is 27.9 Å². The van der Waals surface area contributed by atoms with E-state index in [1.165, 1.54) is 4.90 Å². The van der Waals surface area contributed by atoms with E-state index in [9.17, 15) is 14.7 Å². The first-order chi connectivity index (χ1) is 17.8. The number of rotatable bonds is 13. The van der Waals surface area contributed by atoms with E-state index in [1.807, 2.05) is 0 Å². The molecule has 1 N–H and O–H groups in total. The number of ether oxygens (including phenoxy) is 1. The number of carbonyl (C=O) groups excluding carboxylic acids is 2. The molecule has 2 aromatic carbocycles. The van der Waals surface area contributed by atoms with Crippen LogP contribution in [0.5, 0.6) is 5.75 Å². The zero-order chi connectivity index (χ0) is 26.9. The number of halogens is 2. The fraction of sp³-hybridized carbons (Fsp3) is 0.448. The third-order valence-corrected chi connectivity index (χ3v) is 7.25. The topological polar surface area (TPSA) is 70.1 Å². The van der Waals surface area contributed by atoms with Crippen LogP contribution in [0.2, 0.25) is 10.0 Å². The van der Waals surface area contributed by atoms with Crippen molar-refractivity contribution in [3.8, 4) is 5.75 Å². The van der Waals surface area contributed by atoms with Gasteiger partial charge in [0.25, 0.3) is 11.7 Å². The molecular formula is C29H36Cl2N2O4. The average molecular weight is 548 g/mol. The number of Topliss-reactive ketones (excluding diaryl/α,β-unsaturated/α-hetero) is 1. The SMILES string of the molecule is CCCCN(CCCC)CCCN1C(=O)C(=O)C(=C(O)c2ccc(OC)cc2)[C@@H]1c1ccc(Cl)cc1Cl. The molecule has 6 nitrogen and oxygen atoms in total. The first-order valence-electron chi connectivity index (χ1n) is 12.9. The normalized spacial score (nSPS) is 17.1. The number of likely N-dealkylation sites (tertiary alicyclic amines) is 1. The van der Waals surface area contributed by atoms with Crippen LogP contribution < -0.4 is 4.74 Å². The molecule has 200 valence electrons. The van der Waals surface area contributed by atoms with Gasteiger partial charge in [-0.05, 0) is 80.9 Å². The first kappa shape index (κ1) is 29.0. The lowest BCUT2D eigenvalue weighted by Gasteiger charge is -2.28. The molecule has 0 radical (unpaired) electrons. The number of nitrogens with zero attached hydrogens (tertiary/aromatic N) is 2. The summed E-state index contributed by atoms with van der Waals surface area (Å²) < 4.78 is 5.20. The third kappa shape index (κ3) is 7.07. The molecule has 0 aliphatic carbocycles. The Morgan fingerprint density at radius 3 is 2.16 bits per heavy atom. The quantitative estimate of drug-likeness (QED) is 0.171. The van der Waals surface area contributed by atoms with Crippen molar-refractivity contribution in [2.45, 2.75) is 52.0 Å². The zero-order valence-corrected chi connectivity index (χ0v) is 23.3. The van der Waals surface area contributed by atoms with E-state index >= 15 is 0 Å². The van der Waals surface area contributed by atoms with Gasteiger partial charge in [-0.25, -0.2) is 0 Å². The Morgan fingerprint density at radius 2 is 1.59 bits per heavy atom. The van der Waals surface area contributed by atoms with Crippen molar-refractivity contribution in [1.82, 2.24) is 9.80 Å². The van der Waals surface area contributed by atoms with E-state index in [0.717, 1.165) is 45.3 Å². The van der Waals surface area contributed by atoms with Crippen molar-refractivity contribution < 1.29 is 19.4 Å². The minimum Gasteiger partial charge on any atom is -0.507 e. The van der Waals surface area contributed by atoms with Crippen molar-refractivity contribution in [3.05, 3.63) is 69.2 Å². The van der Waals surface area contributed by atoms with Crippen LogP contribution in [0.15, 0.2) is 48.0 Å². The molecule has 8 heteroatoms. The van der Waals surface area contributed by atoms with Crippen molar-refractivity contribution >= 4 is 40.7 Å². The molecule has 0 unspecified atom stereocenters. The number of unbranched alkanes of at least 4 members (excludes halogenated alkanes) is 2. The lowest BCUT2D eigenvalue weighted by molar-refractivity contribution is -0.140. The van der Waals surface area contributed by atoms with Crippen LogP contribution in [0.25, 0.3) is 5.76 Å². The lowest BCUT2D eigenvalue weighted by Crippen LogP contribution is -2.34. The molecule has 1 amide bonds. The fourth-order valence-electron chi connectivity index (χ4n) is 4.63. The highest BCUT2D eigenvalue weighted by Crippen LogP contribution is 2.42. The molecule has 0 spiro atoms. The van der Waals surface area contributed by atoms with Gasteiger partial charge in [0.1, 0.15) is 11.5 Å². The monoisotopic (exact) mass is 546 g/mol. The van der Waals surface area contributed by atoms with Gasteiger partial charge in [-0.3, -0.25) is 9.59 Å². The van der Waals surface area contributed by atoms with Crippen LogP contribution in [0.4, 0.5) is 0 Å². The highest BCUT2D eigenvalue weighted by atomic mass is 35.5. The second-order valence-electron chi connectivity index (χ2n) is 9.29. The number of amides is 1. The molecule has 37 heavy (non-hydrogen) atoms. The summed E-state index contributed by atoms with van der Waals surface area (Å²) >= 11 is 12.7. The van der Waals surface area contributed by atoms with E-state index in [2.05, 4.69) is 18.7 Å². The Balaban J connectivity index is 1.95. The predicted octanol–water partition coefficient (Wildman–Crippen LogP) is 6.72. The number of aliphatic hydroxyl groups excluding tert-OH is 1. The van der Waals surface area contributed by atoms with Gasteiger partial charge < -0.3 is 19.6 Å². The van der Waals surface area contributed by atoms with E-state index in [0.29, 0.717) is 39.9 Å². The molecule has 3 rings (SSSR count). The van der Waals surface area contributed by atoms with Gasteiger partial charge in [0.2, 0.25) is 0 Å². The maximum Gasteiger partial charge on any atom is 0.295 e. The smallest absolute Gasteiger partial charge is 0.295 e. The number of carbonyl (C=O) groups is 2. The molecule has 1 fully saturated rings. The molecule has 1 aliphatic rings. The van der Waals surface area contributed by atoms with Crippen LogP contribution in [0.1, 0.15) is 63.1 Å². The number of methoxy groups -OCH3 is 1. The summed E-state index contributed by atoms with van der Waals surface area (Å²) in [5, 5.41) is 12.0. The minimum atomic E-state index is -0.813. The van der Waals surface area contributed by atoms with Crippen molar-refractivity contribution in [2.75, 3.05) is 33.3 Å². The average Bonchev–Trinajstić information content (AvgIpc) is 3.14. The lowest BCUT2D eigenvalue weighted by atomic mass is 9.95. The van der Waals surface area contributed by atoms with Gasteiger partial charge in [0.15, 0.2) is 0 Å². The molecule has 1 heterocycles. The van der Waals surface area contributed by atoms with E-state index in [1.54, 1.807) is 49.6 Å². The van der Waals surface area contributed by atoms with Crippen LogP contribution in [-0.2, 0) is 9.59 Å². The number of ketones is 1. The molecule has 1 atom stereocenters. The summed E-state index contributed by atoms with van der Waals surface area (Å²) in [6, 6.07) is 10.9. The highest BCUT2D eigenvalue weighted by molar-refractivity contribution is 6.47. The van der Waals surface area contributed by atoms with E-state index < -0.39 is 17.7 Å². The second-order valence-corrected chi connectivity index (χ2v) is 10.1. The largest absolute Gasteiger partial charge is 0.507 e. The predicted molar refractivity (Wildman–Crippen MR) is 149 cm³/mol. The van der Waals surface area contributed by atoms with Crippen molar-refractivity contribution in [2.24, 2.45) is 0 Å². The molecule has 0 bridgehead atoms. The summed E-state index contributed by atoms with van der Waals surface area (Å²) in [6.45, 7) is 7.57. The second kappa shape index (κ2) is 13.8. The minimum absolute atomic E-state index is 0.0215. The van der Waals surface area contributed by atoms with Crippen LogP contribution in [-0.4, -0.2) is 59.9 Å². The van der Waals surface area contributed by atoms with Gasteiger partial charge >= 0.3 is 0 Å². The molecule has 0 saturated carbocycles. The molecule has 0 aromatic heterocycles.